The Kier molecular flexibility index (Phi) is 4.44. The van der Waals surface area contributed by atoms with Crippen molar-refractivity contribution in [2.24, 2.45) is 0 Å². The molecule has 1 atom stereocenters. The van der Waals surface area contributed by atoms with E-state index in [1.165, 1.54) is 16.8 Å². The average molecular weight is 426 g/mol. The van der Waals surface area contributed by atoms with Gasteiger partial charge in [-0.1, -0.05) is 24.3 Å². The van der Waals surface area contributed by atoms with Crippen LogP contribution in [0.2, 0.25) is 0 Å². The SMILES string of the molecule is CC(=O)N1CCc2cc(S(=O)(=O)N3CC(=O)N4CCc5ccccc5[C@@H]4C3)ccc21. The Balaban J connectivity index is 1.47. The summed E-state index contributed by atoms with van der Waals surface area (Å²) in [6, 6.07) is 12.6. The number of hydrogen-bond donors (Lipinski definition) is 0. The Morgan fingerprint density at radius 1 is 1.03 bits per heavy atom. The van der Waals surface area contributed by atoms with Gasteiger partial charge in [-0.3, -0.25) is 9.59 Å². The number of amides is 2. The van der Waals surface area contributed by atoms with Crippen molar-refractivity contribution in [1.82, 2.24) is 9.21 Å². The highest BCUT2D eigenvalue weighted by molar-refractivity contribution is 7.89. The molecule has 5 rings (SSSR count). The topological polar surface area (TPSA) is 78.0 Å². The molecule has 3 heterocycles. The molecule has 1 fully saturated rings. The first kappa shape index (κ1) is 19.3. The summed E-state index contributed by atoms with van der Waals surface area (Å²) in [5, 5.41) is 0. The van der Waals surface area contributed by atoms with E-state index in [1.807, 2.05) is 29.2 Å². The first-order chi connectivity index (χ1) is 14.4. The molecule has 0 spiro atoms. The minimum Gasteiger partial charge on any atom is -0.333 e. The van der Waals surface area contributed by atoms with E-state index in [9.17, 15) is 18.0 Å². The summed E-state index contributed by atoms with van der Waals surface area (Å²) in [6.07, 6.45) is 1.42. The minimum absolute atomic E-state index is 0.0537. The van der Waals surface area contributed by atoms with Gasteiger partial charge in [-0.2, -0.15) is 4.31 Å². The summed E-state index contributed by atoms with van der Waals surface area (Å²) >= 11 is 0. The molecule has 7 nitrogen and oxygen atoms in total. The van der Waals surface area contributed by atoms with Gasteiger partial charge < -0.3 is 9.80 Å². The van der Waals surface area contributed by atoms with Gasteiger partial charge in [0, 0.05) is 32.2 Å². The normalized spacial score (nSPS) is 21.2. The number of nitrogens with zero attached hydrogens (tertiary/aromatic N) is 3. The number of benzene rings is 2. The second-order valence-electron chi connectivity index (χ2n) is 8.06. The number of carbonyl (C=O) groups excluding carboxylic acids is 2. The van der Waals surface area contributed by atoms with Crippen LogP contribution < -0.4 is 4.90 Å². The lowest BCUT2D eigenvalue weighted by atomic mass is 9.91. The summed E-state index contributed by atoms with van der Waals surface area (Å²) in [4.78, 5) is 28.2. The maximum atomic E-state index is 13.4. The van der Waals surface area contributed by atoms with Gasteiger partial charge in [0.2, 0.25) is 21.8 Å². The van der Waals surface area contributed by atoms with Crippen LogP contribution in [0, 0.1) is 0 Å². The van der Waals surface area contributed by atoms with Gasteiger partial charge in [-0.25, -0.2) is 8.42 Å². The molecule has 30 heavy (non-hydrogen) atoms. The fourth-order valence-electron chi connectivity index (χ4n) is 4.84. The maximum absolute atomic E-state index is 13.4. The maximum Gasteiger partial charge on any atom is 0.243 e. The predicted octanol–water partition coefficient (Wildman–Crippen LogP) is 1.73. The van der Waals surface area contributed by atoms with E-state index in [4.69, 9.17) is 0 Å². The Morgan fingerprint density at radius 3 is 2.60 bits per heavy atom. The third-order valence-corrected chi connectivity index (χ3v) is 8.19. The number of sulfonamides is 1. The molecule has 2 aromatic rings. The number of rotatable bonds is 2. The molecule has 0 N–H and O–H groups in total. The van der Waals surface area contributed by atoms with Gasteiger partial charge >= 0.3 is 0 Å². The first-order valence-electron chi connectivity index (χ1n) is 10.1. The van der Waals surface area contributed by atoms with Crippen LogP contribution in [0.3, 0.4) is 0 Å². The second-order valence-corrected chi connectivity index (χ2v) is 10.00. The molecular formula is C22H23N3O4S. The number of piperazine rings is 1. The Labute approximate surface area is 175 Å². The zero-order chi connectivity index (χ0) is 21.0. The number of anilines is 1. The molecule has 3 aliphatic rings. The Bertz CT molecular complexity index is 1160. The van der Waals surface area contributed by atoms with E-state index in [2.05, 4.69) is 0 Å². The standard InChI is InChI=1S/C22H23N3O4S/c1-15(26)24-10-9-17-12-18(6-7-20(17)24)30(28,29)23-13-21-19-5-3-2-4-16(19)8-11-25(21)22(27)14-23/h2-7,12,21H,8-11,13-14H2,1H3/t21-/m0/s1. The molecule has 2 aromatic carbocycles. The fourth-order valence-corrected chi connectivity index (χ4v) is 6.29. The Hall–Kier alpha value is -2.71. The molecule has 3 aliphatic heterocycles. The van der Waals surface area contributed by atoms with Crippen LogP contribution in [0.25, 0.3) is 0 Å². The van der Waals surface area contributed by atoms with Gasteiger partial charge in [-0.05, 0) is 47.7 Å². The molecule has 0 bridgehead atoms. The summed E-state index contributed by atoms with van der Waals surface area (Å²) in [5.41, 5.74) is 3.82. The minimum atomic E-state index is -3.82. The first-order valence-corrected chi connectivity index (χ1v) is 11.6. The van der Waals surface area contributed by atoms with Crippen molar-refractivity contribution in [3.8, 4) is 0 Å². The summed E-state index contributed by atoms with van der Waals surface area (Å²) in [6.45, 7) is 2.80. The average Bonchev–Trinajstić information content (AvgIpc) is 3.17. The molecule has 0 unspecified atom stereocenters. The fraction of sp³-hybridized carbons (Fsp3) is 0.364. The number of fused-ring (bicyclic) bond motifs is 4. The molecule has 0 aromatic heterocycles. The number of hydrogen-bond acceptors (Lipinski definition) is 4. The molecule has 8 heteroatoms. The van der Waals surface area contributed by atoms with Crippen molar-refractivity contribution in [2.75, 3.05) is 31.1 Å². The quantitative estimate of drug-likeness (QED) is 0.734. The largest absolute Gasteiger partial charge is 0.333 e. The monoisotopic (exact) mass is 425 g/mol. The highest BCUT2D eigenvalue weighted by Gasteiger charge is 2.41. The van der Waals surface area contributed by atoms with Crippen LogP contribution in [0.5, 0.6) is 0 Å². The molecule has 2 amide bonds. The Morgan fingerprint density at radius 2 is 1.80 bits per heavy atom. The smallest absolute Gasteiger partial charge is 0.243 e. The van der Waals surface area contributed by atoms with E-state index in [1.54, 1.807) is 23.1 Å². The van der Waals surface area contributed by atoms with Gasteiger partial charge in [0.25, 0.3) is 0 Å². The van der Waals surface area contributed by atoms with Crippen LogP contribution in [0.1, 0.15) is 29.7 Å². The molecule has 0 saturated carbocycles. The van der Waals surface area contributed by atoms with E-state index in [-0.39, 0.29) is 35.8 Å². The van der Waals surface area contributed by atoms with E-state index >= 15 is 0 Å². The predicted molar refractivity (Wildman–Crippen MR) is 112 cm³/mol. The van der Waals surface area contributed by atoms with Crippen LogP contribution >= 0.6 is 0 Å². The van der Waals surface area contributed by atoms with Crippen LogP contribution in [0.15, 0.2) is 47.4 Å². The van der Waals surface area contributed by atoms with E-state index in [0.29, 0.717) is 19.5 Å². The van der Waals surface area contributed by atoms with Gasteiger partial charge in [0.15, 0.2) is 0 Å². The van der Waals surface area contributed by atoms with E-state index in [0.717, 1.165) is 23.2 Å². The van der Waals surface area contributed by atoms with Crippen molar-refractivity contribution >= 4 is 27.5 Å². The lowest BCUT2D eigenvalue weighted by molar-refractivity contribution is -0.138. The summed E-state index contributed by atoms with van der Waals surface area (Å²) < 4.78 is 28.1. The third kappa shape index (κ3) is 2.94. The van der Waals surface area contributed by atoms with Crippen molar-refractivity contribution in [3.63, 3.8) is 0 Å². The van der Waals surface area contributed by atoms with E-state index < -0.39 is 10.0 Å². The van der Waals surface area contributed by atoms with Crippen LogP contribution in [0.4, 0.5) is 5.69 Å². The van der Waals surface area contributed by atoms with Gasteiger partial charge in [-0.15, -0.1) is 0 Å². The van der Waals surface area contributed by atoms with Crippen molar-refractivity contribution < 1.29 is 18.0 Å². The zero-order valence-electron chi connectivity index (χ0n) is 16.7. The van der Waals surface area contributed by atoms with Crippen molar-refractivity contribution in [2.45, 2.75) is 30.7 Å². The molecule has 156 valence electrons. The van der Waals surface area contributed by atoms with Crippen LogP contribution in [-0.4, -0.2) is 55.6 Å². The summed E-state index contributed by atoms with van der Waals surface area (Å²) in [7, 11) is -3.82. The highest BCUT2D eigenvalue weighted by Crippen LogP contribution is 2.36. The second kappa shape index (κ2) is 6.92. The molecule has 0 radical (unpaired) electrons. The highest BCUT2D eigenvalue weighted by atomic mass is 32.2. The van der Waals surface area contributed by atoms with Gasteiger partial charge in [0.1, 0.15) is 0 Å². The zero-order valence-corrected chi connectivity index (χ0v) is 17.6. The van der Waals surface area contributed by atoms with Gasteiger partial charge in [0.05, 0.1) is 17.5 Å². The molecule has 0 aliphatic carbocycles. The van der Waals surface area contributed by atoms with Crippen LogP contribution in [-0.2, 0) is 32.5 Å². The van der Waals surface area contributed by atoms with Crippen molar-refractivity contribution in [3.05, 3.63) is 59.2 Å². The lowest BCUT2D eigenvalue weighted by Crippen LogP contribution is -2.55. The number of carbonyl (C=O) groups is 2. The molecular weight excluding hydrogens is 402 g/mol. The lowest BCUT2D eigenvalue weighted by Gasteiger charge is -2.44. The third-order valence-electron chi connectivity index (χ3n) is 6.39. The van der Waals surface area contributed by atoms with Crippen molar-refractivity contribution in [1.29, 1.82) is 0 Å². The summed E-state index contributed by atoms with van der Waals surface area (Å²) in [5.74, 6) is -0.213. The molecule has 1 saturated heterocycles.